The molecular formula is C19H19N3O4. The fraction of sp³-hybridized carbons (Fsp3) is 0.211. The number of aromatic carboxylic acids is 1. The second-order valence-corrected chi connectivity index (χ2v) is 5.94. The molecule has 7 heteroatoms. The standard InChI is InChI=1S/C19H19N3O4/c1-2-20-18(24)16(22-11-12(19(25)26)7-8-17(22)23)9-13-10-21-15-6-4-3-5-14(13)15/h3-8,10-11,16,21H,2,9H2,1H3,(H,20,24)(H,25,26)/t16-/m1/s1. The summed E-state index contributed by atoms with van der Waals surface area (Å²) < 4.78 is 1.19. The normalized spacial score (nSPS) is 12.0. The predicted molar refractivity (Wildman–Crippen MR) is 97.4 cm³/mol. The van der Waals surface area contributed by atoms with Gasteiger partial charge in [-0.3, -0.25) is 9.59 Å². The average Bonchev–Trinajstić information content (AvgIpc) is 3.03. The summed E-state index contributed by atoms with van der Waals surface area (Å²) in [4.78, 5) is 39.3. The lowest BCUT2D eigenvalue weighted by atomic mass is 10.0. The summed E-state index contributed by atoms with van der Waals surface area (Å²) in [7, 11) is 0. The zero-order chi connectivity index (χ0) is 18.7. The van der Waals surface area contributed by atoms with Crippen LogP contribution >= 0.6 is 0 Å². The van der Waals surface area contributed by atoms with E-state index in [4.69, 9.17) is 0 Å². The molecule has 0 saturated heterocycles. The SMILES string of the molecule is CCNC(=O)[C@@H](Cc1c[nH]c2ccccc12)n1cc(C(=O)O)ccc1=O. The third-order valence-corrected chi connectivity index (χ3v) is 4.26. The van der Waals surface area contributed by atoms with Crippen molar-refractivity contribution in [2.24, 2.45) is 0 Å². The third-order valence-electron chi connectivity index (χ3n) is 4.26. The largest absolute Gasteiger partial charge is 0.478 e. The minimum Gasteiger partial charge on any atom is -0.478 e. The zero-order valence-corrected chi connectivity index (χ0v) is 14.2. The van der Waals surface area contributed by atoms with Crippen LogP contribution in [0.25, 0.3) is 10.9 Å². The number of likely N-dealkylation sites (N-methyl/N-ethyl adjacent to an activating group) is 1. The summed E-state index contributed by atoms with van der Waals surface area (Å²) in [5, 5.41) is 12.9. The molecule has 0 aliphatic carbocycles. The number of carboxylic acid groups (broad SMARTS) is 1. The molecule has 3 aromatic rings. The number of hydrogen-bond donors (Lipinski definition) is 3. The maximum atomic E-state index is 12.6. The van der Waals surface area contributed by atoms with Gasteiger partial charge in [-0.1, -0.05) is 18.2 Å². The highest BCUT2D eigenvalue weighted by Gasteiger charge is 2.23. The summed E-state index contributed by atoms with van der Waals surface area (Å²) in [6.07, 6.45) is 3.29. The molecule has 1 aromatic carbocycles. The van der Waals surface area contributed by atoms with Gasteiger partial charge in [-0.15, -0.1) is 0 Å². The van der Waals surface area contributed by atoms with Gasteiger partial charge in [0.1, 0.15) is 6.04 Å². The van der Waals surface area contributed by atoms with E-state index in [-0.39, 0.29) is 17.9 Å². The van der Waals surface area contributed by atoms with Crippen LogP contribution in [0.3, 0.4) is 0 Å². The highest BCUT2D eigenvalue weighted by Crippen LogP contribution is 2.22. The molecule has 2 aromatic heterocycles. The van der Waals surface area contributed by atoms with Gasteiger partial charge in [0.25, 0.3) is 5.56 Å². The summed E-state index contributed by atoms with van der Waals surface area (Å²) in [5.41, 5.74) is 1.34. The van der Waals surface area contributed by atoms with Crippen LogP contribution in [0.5, 0.6) is 0 Å². The van der Waals surface area contributed by atoms with Crippen LogP contribution in [0, 0.1) is 0 Å². The van der Waals surface area contributed by atoms with Crippen molar-refractivity contribution in [2.45, 2.75) is 19.4 Å². The Labute approximate surface area is 149 Å². The predicted octanol–water partition coefficient (Wildman–Crippen LogP) is 1.95. The van der Waals surface area contributed by atoms with Gasteiger partial charge in [0.2, 0.25) is 5.91 Å². The molecule has 3 rings (SSSR count). The summed E-state index contributed by atoms with van der Waals surface area (Å²) in [6.45, 7) is 2.20. The van der Waals surface area contributed by atoms with Gasteiger partial charge in [-0.05, 0) is 24.6 Å². The van der Waals surface area contributed by atoms with Crippen LogP contribution < -0.4 is 10.9 Å². The molecule has 0 radical (unpaired) electrons. The number of nitrogens with one attached hydrogen (secondary N) is 2. The first-order valence-electron chi connectivity index (χ1n) is 8.29. The zero-order valence-electron chi connectivity index (χ0n) is 14.2. The Bertz CT molecular complexity index is 1020. The van der Waals surface area contributed by atoms with Gasteiger partial charge in [0, 0.05) is 42.3 Å². The molecule has 0 aliphatic rings. The molecule has 134 valence electrons. The Balaban J connectivity index is 2.06. The minimum atomic E-state index is -1.15. The van der Waals surface area contributed by atoms with E-state index in [9.17, 15) is 19.5 Å². The number of carboxylic acids is 1. The van der Waals surface area contributed by atoms with E-state index in [1.54, 1.807) is 6.92 Å². The van der Waals surface area contributed by atoms with Crippen LogP contribution in [0.2, 0.25) is 0 Å². The van der Waals surface area contributed by atoms with Crippen molar-refractivity contribution in [1.82, 2.24) is 14.9 Å². The van der Waals surface area contributed by atoms with E-state index in [1.165, 1.54) is 22.9 Å². The summed E-state index contributed by atoms with van der Waals surface area (Å²) >= 11 is 0. The number of carbonyl (C=O) groups is 2. The minimum absolute atomic E-state index is 0.0437. The third kappa shape index (κ3) is 3.37. The molecule has 26 heavy (non-hydrogen) atoms. The molecular weight excluding hydrogens is 334 g/mol. The quantitative estimate of drug-likeness (QED) is 0.630. The number of pyridine rings is 1. The molecule has 0 saturated carbocycles. The van der Waals surface area contributed by atoms with E-state index < -0.39 is 17.6 Å². The lowest BCUT2D eigenvalue weighted by molar-refractivity contribution is -0.124. The smallest absolute Gasteiger partial charge is 0.337 e. The molecule has 0 aliphatic heterocycles. The van der Waals surface area contributed by atoms with E-state index in [0.717, 1.165) is 16.5 Å². The second kappa shape index (κ2) is 7.26. The number of rotatable bonds is 6. The van der Waals surface area contributed by atoms with Crippen molar-refractivity contribution >= 4 is 22.8 Å². The number of amides is 1. The molecule has 3 N–H and O–H groups in total. The van der Waals surface area contributed by atoms with E-state index >= 15 is 0 Å². The number of para-hydroxylation sites is 1. The van der Waals surface area contributed by atoms with Crippen molar-refractivity contribution in [3.63, 3.8) is 0 Å². The first-order chi connectivity index (χ1) is 12.5. The van der Waals surface area contributed by atoms with Gasteiger partial charge in [0.15, 0.2) is 0 Å². The van der Waals surface area contributed by atoms with Crippen LogP contribution in [0.1, 0.15) is 28.9 Å². The van der Waals surface area contributed by atoms with Gasteiger partial charge < -0.3 is 20.0 Å². The molecule has 7 nitrogen and oxygen atoms in total. The molecule has 0 fully saturated rings. The van der Waals surface area contributed by atoms with Gasteiger partial charge in [0.05, 0.1) is 5.56 Å². The number of H-pyrrole nitrogens is 1. The fourth-order valence-electron chi connectivity index (χ4n) is 2.99. The number of benzene rings is 1. The van der Waals surface area contributed by atoms with Crippen LogP contribution in [-0.4, -0.2) is 33.1 Å². The number of nitrogens with zero attached hydrogens (tertiary/aromatic N) is 1. The van der Waals surface area contributed by atoms with Crippen LogP contribution in [-0.2, 0) is 11.2 Å². The summed E-state index contributed by atoms with van der Waals surface area (Å²) in [6, 6.07) is 9.24. The van der Waals surface area contributed by atoms with Crippen molar-refractivity contribution in [1.29, 1.82) is 0 Å². The Hall–Kier alpha value is -3.35. The van der Waals surface area contributed by atoms with Crippen molar-refractivity contribution in [3.05, 3.63) is 70.3 Å². The Morgan fingerprint density at radius 3 is 2.73 bits per heavy atom. The number of hydrogen-bond acceptors (Lipinski definition) is 3. The number of fused-ring (bicyclic) bond motifs is 1. The number of carbonyl (C=O) groups excluding carboxylic acids is 1. The molecule has 0 spiro atoms. The van der Waals surface area contributed by atoms with Crippen molar-refractivity contribution < 1.29 is 14.7 Å². The highest BCUT2D eigenvalue weighted by atomic mass is 16.4. The molecule has 1 atom stereocenters. The monoisotopic (exact) mass is 353 g/mol. The maximum Gasteiger partial charge on any atom is 0.337 e. The van der Waals surface area contributed by atoms with Crippen molar-refractivity contribution in [2.75, 3.05) is 6.54 Å². The second-order valence-electron chi connectivity index (χ2n) is 5.94. The molecule has 0 unspecified atom stereocenters. The molecule has 0 bridgehead atoms. The van der Waals surface area contributed by atoms with E-state index in [0.29, 0.717) is 6.54 Å². The highest BCUT2D eigenvalue weighted by molar-refractivity contribution is 5.88. The fourth-order valence-corrected chi connectivity index (χ4v) is 2.99. The van der Waals surface area contributed by atoms with E-state index in [2.05, 4.69) is 10.3 Å². The van der Waals surface area contributed by atoms with E-state index in [1.807, 2.05) is 30.5 Å². The Kier molecular flexibility index (Phi) is 4.88. The number of aromatic nitrogens is 2. The topological polar surface area (TPSA) is 104 Å². The first-order valence-corrected chi connectivity index (χ1v) is 8.29. The van der Waals surface area contributed by atoms with Gasteiger partial charge >= 0.3 is 5.97 Å². The Morgan fingerprint density at radius 1 is 1.23 bits per heavy atom. The molecule has 1 amide bonds. The molecule has 2 heterocycles. The lowest BCUT2D eigenvalue weighted by Crippen LogP contribution is -2.38. The number of aromatic amines is 1. The first kappa shape index (κ1) is 17.5. The average molecular weight is 353 g/mol. The van der Waals surface area contributed by atoms with Gasteiger partial charge in [-0.25, -0.2) is 4.79 Å². The maximum absolute atomic E-state index is 12.6. The van der Waals surface area contributed by atoms with Crippen LogP contribution in [0.4, 0.5) is 0 Å². The lowest BCUT2D eigenvalue weighted by Gasteiger charge is -2.19. The summed E-state index contributed by atoms with van der Waals surface area (Å²) in [5.74, 6) is -1.48. The van der Waals surface area contributed by atoms with Crippen molar-refractivity contribution in [3.8, 4) is 0 Å². The van der Waals surface area contributed by atoms with Crippen LogP contribution in [0.15, 0.2) is 53.6 Å². The Morgan fingerprint density at radius 2 is 2.00 bits per heavy atom. The van der Waals surface area contributed by atoms with Gasteiger partial charge in [-0.2, -0.15) is 0 Å².